The van der Waals surface area contributed by atoms with Crippen molar-refractivity contribution in [1.29, 1.82) is 0 Å². The average Bonchev–Trinajstić information content (AvgIpc) is 2.98. The van der Waals surface area contributed by atoms with E-state index in [-0.39, 0.29) is 42.3 Å². The van der Waals surface area contributed by atoms with E-state index in [9.17, 15) is 27.6 Å². The van der Waals surface area contributed by atoms with Gasteiger partial charge in [-0.2, -0.15) is 13.2 Å². The summed E-state index contributed by atoms with van der Waals surface area (Å²) >= 11 is 0. The van der Waals surface area contributed by atoms with E-state index in [1.54, 1.807) is 24.4 Å². The molecule has 0 spiro atoms. The number of benzene rings is 2. The second-order valence-electron chi connectivity index (χ2n) is 8.78. The van der Waals surface area contributed by atoms with Crippen molar-refractivity contribution in [1.82, 2.24) is 15.2 Å². The summed E-state index contributed by atoms with van der Waals surface area (Å²) in [7, 11) is 0. The minimum absolute atomic E-state index is 0.207. The number of amides is 3. The zero-order chi connectivity index (χ0) is 25.4. The van der Waals surface area contributed by atoms with Gasteiger partial charge < -0.3 is 15.5 Å². The predicted molar refractivity (Wildman–Crippen MR) is 125 cm³/mol. The summed E-state index contributed by atoms with van der Waals surface area (Å²) in [6.07, 6.45) is -0.796. The van der Waals surface area contributed by atoms with Crippen molar-refractivity contribution in [3.05, 3.63) is 83.7 Å². The van der Waals surface area contributed by atoms with E-state index in [2.05, 4.69) is 15.6 Å². The number of aromatic nitrogens is 1. The molecule has 36 heavy (non-hydrogen) atoms. The molecule has 0 radical (unpaired) electrons. The van der Waals surface area contributed by atoms with E-state index < -0.39 is 17.8 Å². The monoisotopic (exact) mass is 494 g/mol. The fourth-order valence-corrected chi connectivity index (χ4v) is 4.61. The van der Waals surface area contributed by atoms with Crippen molar-refractivity contribution < 1.29 is 27.6 Å². The minimum Gasteiger partial charge on any atom is -0.349 e. The highest BCUT2D eigenvalue weighted by Gasteiger charge is 2.40. The lowest BCUT2D eigenvalue weighted by molar-refractivity contribution is -0.137. The molecule has 3 amide bonds. The molecule has 184 valence electrons. The molecule has 0 saturated carbocycles. The van der Waals surface area contributed by atoms with Crippen LogP contribution in [0, 0.1) is 0 Å². The maximum absolute atomic E-state index is 13.4. The van der Waals surface area contributed by atoms with Gasteiger partial charge >= 0.3 is 6.18 Å². The Balaban J connectivity index is 1.38. The normalized spacial score (nSPS) is 19.6. The number of fused-ring (bicyclic) bond motifs is 2. The van der Waals surface area contributed by atoms with Gasteiger partial charge in [0, 0.05) is 25.0 Å². The Hall–Kier alpha value is -4.21. The van der Waals surface area contributed by atoms with Crippen molar-refractivity contribution in [3.63, 3.8) is 0 Å². The molecule has 10 heteroatoms. The molecule has 3 aromatic rings. The van der Waals surface area contributed by atoms with Crippen LogP contribution in [0.25, 0.3) is 11.1 Å². The van der Waals surface area contributed by atoms with Gasteiger partial charge in [-0.15, -0.1) is 0 Å². The first-order chi connectivity index (χ1) is 17.2. The van der Waals surface area contributed by atoms with Crippen molar-refractivity contribution in [2.45, 2.75) is 31.1 Å². The Morgan fingerprint density at radius 1 is 1.06 bits per heavy atom. The third-order valence-electron chi connectivity index (χ3n) is 6.46. The van der Waals surface area contributed by atoms with Crippen LogP contribution in [-0.2, 0) is 11.0 Å². The van der Waals surface area contributed by atoms with Crippen LogP contribution in [-0.4, -0.2) is 46.2 Å². The number of pyridine rings is 1. The summed E-state index contributed by atoms with van der Waals surface area (Å²) in [5.41, 5.74) is 0.856. The van der Waals surface area contributed by atoms with Gasteiger partial charge in [0.25, 0.3) is 11.8 Å². The molecule has 2 N–H and O–H groups in total. The Morgan fingerprint density at radius 3 is 2.61 bits per heavy atom. The summed E-state index contributed by atoms with van der Waals surface area (Å²) < 4.78 is 39.5. The van der Waals surface area contributed by atoms with Crippen molar-refractivity contribution in [2.75, 3.05) is 11.9 Å². The van der Waals surface area contributed by atoms with E-state index >= 15 is 0 Å². The molecule has 0 bridgehead atoms. The first kappa shape index (κ1) is 23.5. The maximum Gasteiger partial charge on any atom is 0.416 e. The number of alkyl halides is 3. The number of halogens is 3. The highest BCUT2D eigenvalue weighted by atomic mass is 19.4. The van der Waals surface area contributed by atoms with E-state index in [1.807, 2.05) is 0 Å². The number of carbonyl (C=O) groups is 3. The van der Waals surface area contributed by atoms with Gasteiger partial charge in [0.2, 0.25) is 5.91 Å². The standard InChI is InChI=1S/C26H21F3N4O3/c27-26(28,29)18-5-1-3-15(11-18)16-6-7-21-20(12-16)25(36)33-10-8-19(13-22(33)24(35)32-21)31-23(34)17-4-2-9-30-14-17/h1-7,9,11-12,14,19,22H,8,10,13H2,(H,31,34)(H,32,35). The molecule has 1 saturated heterocycles. The topological polar surface area (TPSA) is 91.4 Å². The number of nitrogens with zero attached hydrogens (tertiary/aromatic N) is 2. The fourth-order valence-electron chi connectivity index (χ4n) is 4.61. The largest absolute Gasteiger partial charge is 0.416 e. The SMILES string of the molecule is O=C(NC1CCN2C(=O)c3cc(-c4cccc(C(F)(F)F)c4)ccc3NC(=O)C2C1)c1cccnc1. The summed E-state index contributed by atoms with van der Waals surface area (Å²) in [5, 5.41) is 5.67. The second kappa shape index (κ2) is 9.10. The summed E-state index contributed by atoms with van der Waals surface area (Å²) in [6, 6.07) is 11.6. The Bertz CT molecular complexity index is 1340. The second-order valence-corrected chi connectivity index (χ2v) is 8.78. The van der Waals surface area contributed by atoms with Crippen molar-refractivity contribution >= 4 is 23.4 Å². The lowest BCUT2D eigenvalue weighted by Crippen LogP contribution is -2.55. The molecule has 3 heterocycles. The zero-order valence-electron chi connectivity index (χ0n) is 18.9. The van der Waals surface area contributed by atoms with Crippen LogP contribution in [0.5, 0.6) is 0 Å². The average molecular weight is 494 g/mol. The molecular weight excluding hydrogens is 473 g/mol. The molecule has 2 unspecified atom stereocenters. The van der Waals surface area contributed by atoms with Crippen LogP contribution < -0.4 is 10.6 Å². The van der Waals surface area contributed by atoms with Gasteiger partial charge in [0.05, 0.1) is 22.4 Å². The summed E-state index contributed by atoms with van der Waals surface area (Å²) in [5.74, 6) is -1.08. The van der Waals surface area contributed by atoms with E-state index in [0.717, 1.165) is 12.1 Å². The third-order valence-corrected chi connectivity index (χ3v) is 6.46. The number of anilines is 1. The molecule has 5 rings (SSSR count). The third kappa shape index (κ3) is 4.53. The number of rotatable bonds is 3. The van der Waals surface area contributed by atoms with Gasteiger partial charge in [0.1, 0.15) is 6.04 Å². The highest BCUT2D eigenvalue weighted by molar-refractivity contribution is 6.10. The quantitative estimate of drug-likeness (QED) is 0.573. The Kier molecular flexibility index (Phi) is 5.95. The number of nitrogens with one attached hydrogen (secondary N) is 2. The van der Waals surface area contributed by atoms with Crippen LogP contribution in [0.1, 0.15) is 39.1 Å². The number of carbonyl (C=O) groups excluding carboxylic acids is 3. The van der Waals surface area contributed by atoms with Crippen molar-refractivity contribution in [2.24, 2.45) is 0 Å². The fraction of sp³-hybridized carbons (Fsp3) is 0.231. The lowest BCUT2D eigenvalue weighted by atomic mass is 9.95. The molecule has 1 fully saturated rings. The number of piperidine rings is 1. The van der Waals surface area contributed by atoms with Gasteiger partial charge in [-0.05, 0) is 60.4 Å². The van der Waals surface area contributed by atoms with Crippen LogP contribution in [0.4, 0.5) is 18.9 Å². The Labute approximate surface area is 204 Å². The molecule has 2 aromatic carbocycles. The van der Waals surface area contributed by atoms with E-state index in [4.69, 9.17) is 0 Å². The first-order valence-electron chi connectivity index (χ1n) is 11.3. The van der Waals surface area contributed by atoms with Gasteiger partial charge in [-0.1, -0.05) is 18.2 Å². The smallest absolute Gasteiger partial charge is 0.349 e. The minimum atomic E-state index is -4.49. The van der Waals surface area contributed by atoms with E-state index in [1.165, 1.54) is 35.4 Å². The van der Waals surface area contributed by atoms with E-state index in [0.29, 0.717) is 28.8 Å². The molecule has 2 aliphatic heterocycles. The molecule has 2 atom stereocenters. The zero-order valence-corrected chi connectivity index (χ0v) is 18.9. The predicted octanol–water partition coefficient (Wildman–Crippen LogP) is 4.12. The lowest BCUT2D eigenvalue weighted by Gasteiger charge is -2.37. The summed E-state index contributed by atoms with van der Waals surface area (Å²) in [6.45, 7) is 0.238. The van der Waals surface area contributed by atoms with Crippen LogP contribution in [0.2, 0.25) is 0 Å². The van der Waals surface area contributed by atoms with Gasteiger partial charge in [-0.25, -0.2) is 0 Å². The summed E-state index contributed by atoms with van der Waals surface area (Å²) in [4.78, 5) is 44.4. The molecular formula is C26H21F3N4O3. The maximum atomic E-state index is 13.4. The molecule has 1 aromatic heterocycles. The number of hydrogen-bond acceptors (Lipinski definition) is 4. The molecule has 0 aliphatic carbocycles. The Morgan fingerprint density at radius 2 is 1.86 bits per heavy atom. The van der Waals surface area contributed by atoms with Crippen molar-refractivity contribution in [3.8, 4) is 11.1 Å². The van der Waals surface area contributed by atoms with Crippen LogP contribution in [0.3, 0.4) is 0 Å². The van der Waals surface area contributed by atoms with Crippen LogP contribution >= 0.6 is 0 Å². The first-order valence-corrected chi connectivity index (χ1v) is 11.3. The van der Waals surface area contributed by atoms with Gasteiger partial charge in [-0.3, -0.25) is 19.4 Å². The highest BCUT2D eigenvalue weighted by Crippen LogP contribution is 2.35. The molecule has 7 nitrogen and oxygen atoms in total. The van der Waals surface area contributed by atoms with Crippen LogP contribution in [0.15, 0.2) is 67.0 Å². The number of hydrogen-bond donors (Lipinski definition) is 2. The van der Waals surface area contributed by atoms with Gasteiger partial charge in [0.15, 0.2) is 0 Å². The molecule has 2 aliphatic rings.